The van der Waals surface area contributed by atoms with Gasteiger partial charge in [0.05, 0.1) is 0 Å². The molecule has 0 aliphatic rings. The Bertz CT molecular complexity index is 312. The molecule has 0 spiro atoms. The van der Waals surface area contributed by atoms with Gasteiger partial charge in [-0.15, -0.1) is 0 Å². The Balaban J connectivity index is 2.51. The number of hydrogen-bond donors (Lipinski definition) is 0. The minimum atomic E-state index is 0.316. The Hall–Kier alpha value is -0.785. The lowest BCUT2D eigenvalue weighted by molar-refractivity contribution is 0.472. The molecule has 1 atom stereocenters. The lowest BCUT2D eigenvalue weighted by atomic mass is 9.48. The van der Waals surface area contributed by atoms with Gasteiger partial charge in [0.15, 0.2) is 7.28 Å². The van der Waals surface area contributed by atoms with Crippen LogP contribution < -0.4 is 5.59 Å². The van der Waals surface area contributed by atoms with Gasteiger partial charge in [-0.2, -0.15) is 0 Å². The summed E-state index contributed by atoms with van der Waals surface area (Å²) in [5.41, 5.74) is 1.13. The fourth-order valence-electron chi connectivity index (χ4n) is 2.61. The minimum absolute atomic E-state index is 0.316. The fourth-order valence-corrected chi connectivity index (χ4v) is 2.61. The van der Waals surface area contributed by atoms with Crippen LogP contribution in [0.1, 0.15) is 65.7 Å². The Morgan fingerprint density at radius 2 is 1.89 bits per heavy atom. The largest absolute Gasteiger partial charge is 0.272 e. The Morgan fingerprint density at radius 1 is 1.06 bits per heavy atom. The normalized spacial score (nSPS) is 14.2. The minimum Gasteiger partial charge on any atom is -0.272 e. The molecule has 0 saturated heterocycles. The maximum absolute atomic E-state index is 4.43. The molecule has 2 heteroatoms. The fraction of sp³-hybridized carbons (Fsp3) is 0.688. The van der Waals surface area contributed by atoms with Gasteiger partial charge in [0.25, 0.3) is 0 Å². The zero-order chi connectivity index (χ0) is 13.3. The SMILES string of the molecule is CCCCCCC(C)([B]c1ccccn1)CCC. The van der Waals surface area contributed by atoms with E-state index >= 15 is 0 Å². The smallest absolute Gasteiger partial charge is 0.184 e. The van der Waals surface area contributed by atoms with E-state index in [9.17, 15) is 0 Å². The van der Waals surface area contributed by atoms with Gasteiger partial charge in [-0.3, -0.25) is 4.98 Å². The molecule has 0 aliphatic carbocycles. The molecule has 0 bridgehead atoms. The van der Waals surface area contributed by atoms with Crippen LogP contribution in [0.3, 0.4) is 0 Å². The first-order valence-corrected chi connectivity index (χ1v) is 7.47. The van der Waals surface area contributed by atoms with Crippen LogP contribution in [0.5, 0.6) is 0 Å². The van der Waals surface area contributed by atoms with Gasteiger partial charge in [-0.25, -0.2) is 0 Å². The highest BCUT2D eigenvalue weighted by Gasteiger charge is 2.25. The van der Waals surface area contributed by atoms with E-state index in [1.165, 1.54) is 44.9 Å². The molecule has 1 rings (SSSR count). The molecule has 1 unspecified atom stereocenters. The second-order valence-corrected chi connectivity index (χ2v) is 5.61. The number of aromatic nitrogens is 1. The molecular weight excluding hydrogens is 217 g/mol. The van der Waals surface area contributed by atoms with Crippen molar-refractivity contribution in [3.63, 3.8) is 0 Å². The van der Waals surface area contributed by atoms with E-state index in [0.29, 0.717) is 5.31 Å². The predicted octanol–water partition coefficient (Wildman–Crippen LogP) is 4.36. The van der Waals surface area contributed by atoms with Crippen molar-refractivity contribution >= 4 is 12.9 Å². The van der Waals surface area contributed by atoms with Crippen LogP contribution in [-0.4, -0.2) is 12.3 Å². The third kappa shape index (κ3) is 5.70. The van der Waals surface area contributed by atoms with Crippen LogP contribution in [0.2, 0.25) is 5.31 Å². The maximum Gasteiger partial charge on any atom is 0.184 e. The summed E-state index contributed by atoms with van der Waals surface area (Å²) >= 11 is 0. The number of hydrogen-bond acceptors (Lipinski definition) is 1. The van der Waals surface area contributed by atoms with Gasteiger partial charge in [0.2, 0.25) is 0 Å². The van der Waals surface area contributed by atoms with Crippen molar-refractivity contribution in [2.24, 2.45) is 0 Å². The number of pyridine rings is 1. The van der Waals surface area contributed by atoms with Gasteiger partial charge >= 0.3 is 0 Å². The van der Waals surface area contributed by atoms with Gasteiger partial charge in [0, 0.05) is 6.20 Å². The first kappa shape index (κ1) is 15.3. The van der Waals surface area contributed by atoms with Crippen LogP contribution in [-0.2, 0) is 0 Å². The molecule has 0 fully saturated rings. The lowest BCUT2D eigenvalue weighted by Gasteiger charge is -2.28. The number of rotatable bonds is 9. The second-order valence-electron chi connectivity index (χ2n) is 5.61. The van der Waals surface area contributed by atoms with Gasteiger partial charge < -0.3 is 0 Å². The van der Waals surface area contributed by atoms with Gasteiger partial charge in [-0.05, 0) is 11.7 Å². The summed E-state index contributed by atoms with van der Waals surface area (Å²) in [6, 6.07) is 6.16. The topological polar surface area (TPSA) is 12.9 Å². The van der Waals surface area contributed by atoms with E-state index in [1.54, 1.807) is 0 Å². The molecule has 99 valence electrons. The Morgan fingerprint density at radius 3 is 2.50 bits per heavy atom. The molecule has 0 amide bonds. The van der Waals surface area contributed by atoms with Crippen molar-refractivity contribution < 1.29 is 0 Å². The van der Waals surface area contributed by atoms with Crippen molar-refractivity contribution in [1.29, 1.82) is 0 Å². The zero-order valence-electron chi connectivity index (χ0n) is 12.3. The maximum atomic E-state index is 4.43. The van der Waals surface area contributed by atoms with E-state index in [-0.39, 0.29) is 0 Å². The van der Waals surface area contributed by atoms with Gasteiger partial charge in [-0.1, -0.05) is 83.2 Å². The van der Waals surface area contributed by atoms with Crippen LogP contribution >= 0.6 is 0 Å². The van der Waals surface area contributed by atoms with E-state index < -0.39 is 0 Å². The average molecular weight is 244 g/mol. The van der Waals surface area contributed by atoms with E-state index in [2.05, 4.69) is 45.2 Å². The molecular formula is C16H27BN. The van der Waals surface area contributed by atoms with Crippen LogP contribution in [0.15, 0.2) is 24.4 Å². The molecule has 0 saturated carbocycles. The van der Waals surface area contributed by atoms with Crippen molar-refractivity contribution in [2.75, 3.05) is 0 Å². The second kappa shape index (κ2) is 8.34. The summed E-state index contributed by atoms with van der Waals surface area (Å²) in [6.07, 6.45) is 11.1. The summed E-state index contributed by atoms with van der Waals surface area (Å²) in [4.78, 5) is 4.43. The number of unbranched alkanes of at least 4 members (excludes halogenated alkanes) is 3. The summed E-state index contributed by atoms with van der Waals surface area (Å²) in [5.74, 6) is 0. The standard InChI is InChI=1S/C16H27BN/c1-4-6-7-9-13-16(3,12-5-2)17-15-11-8-10-14-18-15/h8,10-11,14H,4-7,9,12-13H2,1-3H3. The van der Waals surface area contributed by atoms with Crippen molar-refractivity contribution in [2.45, 2.75) is 71.0 Å². The van der Waals surface area contributed by atoms with Crippen LogP contribution in [0.25, 0.3) is 0 Å². The quantitative estimate of drug-likeness (QED) is 0.464. The lowest BCUT2D eigenvalue weighted by Crippen LogP contribution is -2.29. The third-order valence-corrected chi connectivity index (χ3v) is 3.61. The Labute approximate surface area is 114 Å². The first-order chi connectivity index (χ1) is 8.70. The third-order valence-electron chi connectivity index (χ3n) is 3.61. The van der Waals surface area contributed by atoms with E-state index in [1.807, 2.05) is 12.3 Å². The van der Waals surface area contributed by atoms with Crippen molar-refractivity contribution in [3.05, 3.63) is 24.4 Å². The average Bonchev–Trinajstić information content (AvgIpc) is 2.36. The number of nitrogens with zero attached hydrogens (tertiary/aromatic N) is 1. The van der Waals surface area contributed by atoms with Crippen molar-refractivity contribution in [1.82, 2.24) is 4.98 Å². The molecule has 0 aliphatic heterocycles. The molecule has 0 aromatic carbocycles. The first-order valence-electron chi connectivity index (χ1n) is 7.47. The highest BCUT2D eigenvalue weighted by molar-refractivity contribution is 6.55. The highest BCUT2D eigenvalue weighted by Crippen LogP contribution is 2.36. The highest BCUT2D eigenvalue weighted by atomic mass is 14.6. The van der Waals surface area contributed by atoms with Crippen LogP contribution in [0.4, 0.5) is 0 Å². The van der Waals surface area contributed by atoms with Crippen molar-refractivity contribution in [3.8, 4) is 0 Å². The Kier molecular flexibility index (Phi) is 7.08. The predicted molar refractivity (Wildman–Crippen MR) is 81.7 cm³/mol. The molecule has 1 heterocycles. The summed E-state index contributed by atoms with van der Waals surface area (Å²) in [7, 11) is 2.38. The summed E-state index contributed by atoms with van der Waals surface area (Å²) < 4.78 is 0. The van der Waals surface area contributed by atoms with E-state index in [0.717, 1.165) is 5.59 Å². The van der Waals surface area contributed by atoms with E-state index in [4.69, 9.17) is 0 Å². The van der Waals surface area contributed by atoms with Crippen LogP contribution in [0, 0.1) is 0 Å². The van der Waals surface area contributed by atoms with Gasteiger partial charge in [0.1, 0.15) is 0 Å². The molecule has 1 aromatic rings. The zero-order valence-corrected chi connectivity index (χ0v) is 12.3. The molecule has 0 N–H and O–H groups in total. The summed E-state index contributed by atoms with van der Waals surface area (Å²) in [5, 5.41) is 0.316. The molecule has 1 nitrogen and oxygen atoms in total. The molecule has 1 aromatic heterocycles. The summed E-state index contributed by atoms with van der Waals surface area (Å²) in [6.45, 7) is 6.93. The monoisotopic (exact) mass is 244 g/mol. The molecule has 18 heavy (non-hydrogen) atoms. The molecule has 1 radical (unpaired) electrons.